The predicted octanol–water partition coefficient (Wildman–Crippen LogP) is 1.89. The van der Waals surface area contributed by atoms with Gasteiger partial charge in [0, 0.05) is 37.0 Å². The molecule has 108 valence electrons. The first-order valence-electron chi connectivity index (χ1n) is 7.01. The van der Waals surface area contributed by atoms with Gasteiger partial charge in [0.2, 0.25) is 5.91 Å². The molecule has 1 aromatic carbocycles. The van der Waals surface area contributed by atoms with Gasteiger partial charge in [-0.25, -0.2) is 8.78 Å². The summed E-state index contributed by atoms with van der Waals surface area (Å²) in [6.07, 6.45) is 1.48. The summed E-state index contributed by atoms with van der Waals surface area (Å²) in [5.74, 6) is -1.66. The van der Waals surface area contributed by atoms with E-state index >= 15 is 0 Å². The number of carbonyl (C=O) groups is 1. The molecule has 0 radical (unpaired) electrons. The highest BCUT2D eigenvalue weighted by Crippen LogP contribution is 2.50. The van der Waals surface area contributed by atoms with Gasteiger partial charge >= 0.3 is 0 Å². The largest absolute Gasteiger partial charge is 0.341 e. The third kappa shape index (κ3) is 2.30. The molecule has 1 aliphatic carbocycles. The minimum atomic E-state index is -0.546. The zero-order valence-corrected chi connectivity index (χ0v) is 11.4. The van der Waals surface area contributed by atoms with E-state index in [0.717, 1.165) is 19.5 Å². The Morgan fingerprint density at radius 2 is 2.05 bits per heavy atom. The molecule has 1 aromatic rings. The summed E-state index contributed by atoms with van der Waals surface area (Å²) in [5.41, 5.74) is 0.0730. The number of hydrogen-bond donors (Lipinski definition) is 1. The topological polar surface area (TPSA) is 32.3 Å². The highest BCUT2D eigenvalue weighted by Gasteiger charge is 2.48. The number of likely N-dealkylation sites (N-methyl/N-ethyl adjacent to an activating group) is 1. The maximum atomic E-state index is 13.7. The van der Waals surface area contributed by atoms with Crippen molar-refractivity contribution in [3.8, 4) is 0 Å². The molecule has 0 spiro atoms. The Kier molecular flexibility index (Phi) is 3.46. The SMILES string of the molecule is CN(C(=O)[C@@H]1C[C@@H]1c1c(F)cccc1F)[C@@H]1CCNC1. The molecule has 0 bridgehead atoms. The molecule has 2 fully saturated rings. The third-order valence-electron chi connectivity index (χ3n) is 4.41. The van der Waals surface area contributed by atoms with E-state index in [1.807, 2.05) is 0 Å². The number of carbonyl (C=O) groups excluding carboxylic acids is 1. The van der Waals surface area contributed by atoms with Gasteiger partial charge in [0.1, 0.15) is 11.6 Å². The first kappa shape index (κ1) is 13.5. The van der Waals surface area contributed by atoms with Crippen LogP contribution in [-0.4, -0.2) is 37.0 Å². The molecule has 1 saturated heterocycles. The molecule has 1 aliphatic heterocycles. The van der Waals surface area contributed by atoms with Crippen LogP contribution < -0.4 is 5.32 Å². The van der Waals surface area contributed by atoms with Crippen molar-refractivity contribution in [2.75, 3.05) is 20.1 Å². The lowest BCUT2D eigenvalue weighted by Gasteiger charge is -2.24. The van der Waals surface area contributed by atoms with E-state index in [-0.39, 0.29) is 29.3 Å². The normalized spacial score (nSPS) is 28.4. The van der Waals surface area contributed by atoms with Crippen molar-refractivity contribution < 1.29 is 13.6 Å². The standard InChI is InChI=1S/C15H18F2N2O/c1-19(9-5-6-18-8-9)15(20)11-7-10(11)14-12(16)3-2-4-13(14)17/h2-4,9-11,18H,5-8H2,1H3/t9-,10+,11-/m1/s1. The van der Waals surface area contributed by atoms with Gasteiger partial charge in [0.05, 0.1) is 0 Å². The Labute approximate surface area is 117 Å². The number of amides is 1. The van der Waals surface area contributed by atoms with Gasteiger partial charge in [-0.05, 0) is 31.5 Å². The van der Waals surface area contributed by atoms with Crippen LogP contribution in [0.15, 0.2) is 18.2 Å². The van der Waals surface area contributed by atoms with Crippen LogP contribution in [0.25, 0.3) is 0 Å². The van der Waals surface area contributed by atoms with E-state index in [0.29, 0.717) is 6.42 Å². The van der Waals surface area contributed by atoms with Gasteiger partial charge in [-0.15, -0.1) is 0 Å². The molecule has 5 heteroatoms. The molecule has 2 aliphatic rings. The highest BCUT2D eigenvalue weighted by molar-refractivity contribution is 5.83. The molecule has 0 aromatic heterocycles. The van der Waals surface area contributed by atoms with Crippen LogP contribution in [0.3, 0.4) is 0 Å². The van der Waals surface area contributed by atoms with E-state index in [2.05, 4.69) is 5.32 Å². The molecule has 3 atom stereocenters. The average Bonchev–Trinajstić information content (AvgIpc) is 3.00. The Bertz CT molecular complexity index is 508. The number of halogens is 2. The minimum Gasteiger partial charge on any atom is -0.341 e. The smallest absolute Gasteiger partial charge is 0.226 e. The average molecular weight is 280 g/mol. The van der Waals surface area contributed by atoms with Crippen LogP contribution in [-0.2, 0) is 4.79 Å². The molecule has 1 heterocycles. The van der Waals surface area contributed by atoms with Crippen molar-refractivity contribution >= 4 is 5.91 Å². The summed E-state index contributed by atoms with van der Waals surface area (Å²) >= 11 is 0. The van der Waals surface area contributed by atoms with Crippen molar-refractivity contribution in [2.24, 2.45) is 5.92 Å². The number of nitrogens with zero attached hydrogens (tertiary/aromatic N) is 1. The second kappa shape index (κ2) is 5.13. The van der Waals surface area contributed by atoms with Crippen molar-refractivity contribution in [2.45, 2.75) is 24.8 Å². The number of benzene rings is 1. The lowest BCUT2D eigenvalue weighted by molar-refractivity contribution is -0.133. The lowest BCUT2D eigenvalue weighted by Crippen LogP contribution is -2.39. The zero-order chi connectivity index (χ0) is 14.3. The van der Waals surface area contributed by atoms with Crippen LogP contribution in [0.4, 0.5) is 8.78 Å². The van der Waals surface area contributed by atoms with Gasteiger partial charge in [-0.1, -0.05) is 6.07 Å². The summed E-state index contributed by atoms with van der Waals surface area (Å²) in [5, 5.41) is 3.21. The third-order valence-corrected chi connectivity index (χ3v) is 4.41. The van der Waals surface area contributed by atoms with Gasteiger partial charge < -0.3 is 10.2 Å². The Morgan fingerprint density at radius 3 is 2.65 bits per heavy atom. The Balaban J connectivity index is 1.70. The molecule has 3 nitrogen and oxygen atoms in total. The van der Waals surface area contributed by atoms with E-state index in [1.54, 1.807) is 11.9 Å². The van der Waals surface area contributed by atoms with Crippen LogP contribution in [0.1, 0.15) is 24.3 Å². The summed E-state index contributed by atoms with van der Waals surface area (Å²) < 4.78 is 27.4. The fraction of sp³-hybridized carbons (Fsp3) is 0.533. The van der Waals surface area contributed by atoms with Crippen LogP contribution in [0.2, 0.25) is 0 Å². The van der Waals surface area contributed by atoms with Crippen LogP contribution in [0, 0.1) is 17.6 Å². The van der Waals surface area contributed by atoms with Crippen molar-refractivity contribution in [1.29, 1.82) is 0 Å². The lowest BCUT2D eigenvalue weighted by atomic mass is 10.1. The molecule has 1 amide bonds. The summed E-state index contributed by atoms with van der Waals surface area (Å²) in [6.45, 7) is 1.71. The molecule has 1 saturated carbocycles. The van der Waals surface area contributed by atoms with Crippen molar-refractivity contribution in [1.82, 2.24) is 10.2 Å². The van der Waals surface area contributed by atoms with Crippen molar-refractivity contribution in [3.05, 3.63) is 35.4 Å². The van der Waals surface area contributed by atoms with Gasteiger partial charge in [0.15, 0.2) is 0 Å². The number of hydrogen-bond acceptors (Lipinski definition) is 2. The Morgan fingerprint density at radius 1 is 1.35 bits per heavy atom. The van der Waals surface area contributed by atoms with Gasteiger partial charge in [-0.2, -0.15) is 0 Å². The summed E-state index contributed by atoms with van der Waals surface area (Å²) in [7, 11) is 1.78. The Hall–Kier alpha value is -1.49. The fourth-order valence-corrected chi connectivity index (χ4v) is 3.06. The number of rotatable bonds is 3. The van der Waals surface area contributed by atoms with Gasteiger partial charge in [-0.3, -0.25) is 4.79 Å². The zero-order valence-electron chi connectivity index (χ0n) is 11.4. The first-order valence-corrected chi connectivity index (χ1v) is 7.01. The van der Waals surface area contributed by atoms with Crippen LogP contribution >= 0.6 is 0 Å². The van der Waals surface area contributed by atoms with E-state index < -0.39 is 11.6 Å². The molecular weight excluding hydrogens is 262 g/mol. The maximum absolute atomic E-state index is 13.7. The highest BCUT2D eigenvalue weighted by atomic mass is 19.1. The second-order valence-corrected chi connectivity index (χ2v) is 5.68. The molecule has 20 heavy (non-hydrogen) atoms. The molecular formula is C15H18F2N2O. The van der Waals surface area contributed by atoms with Crippen LogP contribution in [0.5, 0.6) is 0 Å². The maximum Gasteiger partial charge on any atom is 0.226 e. The van der Waals surface area contributed by atoms with Gasteiger partial charge in [0.25, 0.3) is 0 Å². The minimum absolute atomic E-state index is 0.00588. The molecule has 1 N–H and O–H groups in total. The van der Waals surface area contributed by atoms with E-state index in [1.165, 1.54) is 18.2 Å². The van der Waals surface area contributed by atoms with E-state index in [9.17, 15) is 13.6 Å². The van der Waals surface area contributed by atoms with Crippen molar-refractivity contribution in [3.63, 3.8) is 0 Å². The predicted molar refractivity (Wildman–Crippen MR) is 71.3 cm³/mol. The second-order valence-electron chi connectivity index (χ2n) is 5.68. The fourth-order valence-electron chi connectivity index (χ4n) is 3.06. The quantitative estimate of drug-likeness (QED) is 0.917. The summed E-state index contributed by atoms with van der Waals surface area (Å²) in [6, 6.07) is 4.06. The molecule has 3 rings (SSSR count). The first-order chi connectivity index (χ1) is 9.59. The monoisotopic (exact) mass is 280 g/mol. The molecule has 0 unspecified atom stereocenters. The van der Waals surface area contributed by atoms with E-state index in [4.69, 9.17) is 0 Å². The number of nitrogens with one attached hydrogen (secondary N) is 1. The summed E-state index contributed by atoms with van der Waals surface area (Å²) in [4.78, 5) is 14.1.